The summed E-state index contributed by atoms with van der Waals surface area (Å²) in [6.45, 7) is 8.16. The molecule has 4 heteroatoms. The van der Waals surface area contributed by atoms with Crippen molar-refractivity contribution in [3.8, 4) is 0 Å². The van der Waals surface area contributed by atoms with Crippen LogP contribution in [0.5, 0.6) is 0 Å². The Morgan fingerprint density at radius 2 is 2.00 bits per heavy atom. The molecule has 1 aromatic rings. The lowest BCUT2D eigenvalue weighted by molar-refractivity contribution is 0.0931. The molecule has 0 radical (unpaired) electrons. The predicted octanol–water partition coefficient (Wildman–Crippen LogP) is 3.33. The molecule has 4 nitrogen and oxygen atoms in total. The number of rotatable bonds is 8. The molecule has 0 bridgehead atoms. The van der Waals surface area contributed by atoms with E-state index in [0.717, 1.165) is 49.8 Å². The van der Waals surface area contributed by atoms with Crippen LogP contribution in [-0.4, -0.2) is 16.9 Å². The van der Waals surface area contributed by atoms with E-state index >= 15 is 0 Å². The van der Waals surface area contributed by atoms with Crippen LogP contribution in [-0.2, 0) is 6.42 Å². The minimum atomic E-state index is -0.296. The lowest BCUT2D eigenvalue weighted by atomic mass is 10.0. The van der Waals surface area contributed by atoms with Crippen molar-refractivity contribution in [2.45, 2.75) is 72.3 Å². The summed E-state index contributed by atoms with van der Waals surface area (Å²) in [6, 6.07) is 1.90. The van der Waals surface area contributed by atoms with E-state index in [1.54, 1.807) is 6.07 Å². The van der Waals surface area contributed by atoms with Gasteiger partial charge in [-0.3, -0.25) is 9.59 Å². The van der Waals surface area contributed by atoms with Crippen LogP contribution < -0.4 is 10.9 Å². The van der Waals surface area contributed by atoms with Gasteiger partial charge in [-0.25, -0.2) is 0 Å². The predicted molar refractivity (Wildman–Crippen MR) is 86.9 cm³/mol. The zero-order valence-corrected chi connectivity index (χ0v) is 13.7. The van der Waals surface area contributed by atoms with Gasteiger partial charge in [-0.2, -0.15) is 0 Å². The Morgan fingerprint density at radius 1 is 1.29 bits per heavy atom. The van der Waals surface area contributed by atoms with Gasteiger partial charge in [-0.1, -0.05) is 40.0 Å². The summed E-state index contributed by atoms with van der Waals surface area (Å²) in [5, 5.41) is 2.99. The molecule has 0 saturated carbocycles. The van der Waals surface area contributed by atoms with Gasteiger partial charge in [0.05, 0.1) is 0 Å². The van der Waals surface area contributed by atoms with Crippen LogP contribution in [0.2, 0.25) is 0 Å². The number of carbonyl (C=O) groups excluding carboxylic acids is 1. The highest BCUT2D eigenvalue weighted by atomic mass is 16.2. The third kappa shape index (κ3) is 5.03. The lowest BCUT2D eigenvalue weighted by Crippen LogP contribution is -2.37. The molecule has 118 valence electrons. The Morgan fingerprint density at radius 3 is 2.57 bits per heavy atom. The number of carbonyl (C=O) groups is 1. The van der Waals surface area contributed by atoms with Crippen molar-refractivity contribution in [3.63, 3.8) is 0 Å². The maximum absolute atomic E-state index is 12.3. The smallest absolute Gasteiger partial charge is 0.261 e. The van der Waals surface area contributed by atoms with Gasteiger partial charge in [0, 0.05) is 11.7 Å². The molecule has 1 amide bonds. The normalized spacial score (nSPS) is 12.2. The number of aryl methyl sites for hydroxylation is 2. The molecule has 21 heavy (non-hydrogen) atoms. The summed E-state index contributed by atoms with van der Waals surface area (Å²) in [7, 11) is 0. The van der Waals surface area contributed by atoms with Crippen LogP contribution >= 0.6 is 0 Å². The number of unbranched alkanes of at least 4 members (excludes halogenated alkanes) is 1. The summed E-state index contributed by atoms with van der Waals surface area (Å²) in [5.41, 5.74) is 1.84. The molecule has 0 spiro atoms. The van der Waals surface area contributed by atoms with Crippen LogP contribution in [0.1, 0.15) is 74.5 Å². The van der Waals surface area contributed by atoms with Crippen molar-refractivity contribution in [2.24, 2.45) is 0 Å². The summed E-state index contributed by atoms with van der Waals surface area (Å²) in [4.78, 5) is 27.1. The van der Waals surface area contributed by atoms with Gasteiger partial charge in [0.15, 0.2) is 0 Å². The van der Waals surface area contributed by atoms with E-state index < -0.39 is 0 Å². The van der Waals surface area contributed by atoms with E-state index in [0.29, 0.717) is 0 Å². The quantitative estimate of drug-likeness (QED) is 0.772. The Labute approximate surface area is 127 Å². The molecule has 0 fully saturated rings. The Hall–Kier alpha value is -1.58. The molecule has 0 saturated heterocycles. The van der Waals surface area contributed by atoms with Gasteiger partial charge in [0.25, 0.3) is 11.5 Å². The standard InChI is InChI=1S/C17H28N2O2/c1-5-8-10-14(7-3)19-17(21)15-11-13(9-6-2)12(4)18-16(15)20/h11,14H,5-10H2,1-4H3,(H,18,20)(H,19,21)/t14-/m0/s1. The van der Waals surface area contributed by atoms with Crippen molar-refractivity contribution in [3.05, 3.63) is 33.2 Å². The first-order valence-electron chi connectivity index (χ1n) is 8.07. The van der Waals surface area contributed by atoms with E-state index in [1.165, 1.54) is 0 Å². The molecule has 1 atom stereocenters. The maximum atomic E-state index is 12.3. The van der Waals surface area contributed by atoms with E-state index in [-0.39, 0.29) is 23.1 Å². The van der Waals surface area contributed by atoms with Crippen molar-refractivity contribution in [1.82, 2.24) is 10.3 Å². The zero-order valence-electron chi connectivity index (χ0n) is 13.7. The van der Waals surface area contributed by atoms with Gasteiger partial charge < -0.3 is 10.3 Å². The van der Waals surface area contributed by atoms with E-state index in [4.69, 9.17) is 0 Å². The number of H-pyrrole nitrogens is 1. The molecule has 0 aliphatic heterocycles. The molecule has 0 unspecified atom stereocenters. The van der Waals surface area contributed by atoms with Gasteiger partial charge >= 0.3 is 0 Å². The monoisotopic (exact) mass is 292 g/mol. The van der Waals surface area contributed by atoms with Crippen molar-refractivity contribution < 1.29 is 4.79 Å². The molecule has 2 N–H and O–H groups in total. The minimum Gasteiger partial charge on any atom is -0.349 e. The van der Waals surface area contributed by atoms with Crippen LogP contribution in [0.3, 0.4) is 0 Å². The highest BCUT2D eigenvalue weighted by molar-refractivity contribution is 5.94. The molecule has 0 aliphatic carbocycles. The summed E-state index contributed by atoms with van der Waals surface area (Å²) in [6.07, 6.45) is 5.90. The molecule has 1 rings (SSSR count). The highest BCUT2D eigenvalue weighted by Crippen LogP contribution is 2.09. The van der Waals surface area contributed by atoms with Crippen molar-refractivity contribution >= 4 is 5.91 Å². The molecular formula is C17H28N2O2. The van der Waals surface area contributed by atoms with Crippen molar-refractivity contribution in [2.75, 3.05) is 0 Å². The Kier molecular flexibility index (Phi) is 7.20. The number of hydrogen-bond acceptors (Lipinski definition) is 2. The molecule has 0 aromatic carbocycles. The number of hydrogen-bond donors (Lipinski definition) is 2. The SMILES string of the molecule is CCCC[C@H](CC)NC(=O)c1cc(CCC)c(C)[nH]c1=O. The second-order valence-corrected chi connectivity index (χ2v) is 5.63. The van der Waals surface area contributed by atoms with Crippen LogP contribution in [0.15, 0.2) is 10.9 Å². The molecule has 1 heterocycles. The fourth-order valence-corrected chi connectivity index (χ4v) is 2.46. The number of aromatic nitrogens is 1. The Balaban J connectivity index is 2.90. The largest absolute Gasteiger partial charge is 0.349 e. The average molecular weight is 292 g/mol. The summed E-state index contributed by atoms with van der Waals surface area (Å²) in [5.74, 6) is -0.253. The first kappa shape index (κ1) is 17.5. The van der Waals surface area contributed by atoms with E-state index in [2.05, 4.69) is 31.1 Å². The van der Waals surface area contributed by atoms with Gasteiger partial charge in [-0.15, -0.1) is 0 Å². The Bertz CT molecular complexity index is 520. The topological polar surface area (TPSA) is 62.0 Å². The summed E-state index contributed by atoms with van der Waals surface area (Å²) >= 11 is 0. The fraction of sp³-hybridized carbons (Fsp3) is 0.647. The van der Waals surface area contributed by atoms with Crippen molar-refractivity contribution in [1.29, 1.82) is 0 Å². The van der Waals surface area contributed by atoms with Gasteiger partial charge in [-0.05, 0) is 37.8 Å². The number of aromatic amines is 1. The van der Waals surface area contributed by atoms with E-state index in [9.17, 15) is 9.59 Å². The maximum Gasteiger partial charge on any atom is 0.261 e. The molecule has 1 aromatic heterocycles. The van der Waals surface area contributed by atoms with E-state index in [1.807, 2.05) is 6.92 Å². The van der Waals surface area contributed by atoms with Crippen LogP contribution in [0, 0.1) is 6.92 Å². The van der Waals surface area contributed by atoms with Gasteiger partial charge in [0.1, 0.15) is 5.56 Å². The fourth-order valence-electron chi connectivity index (χ4n) is 2.46. The van der Waals surface area contributed by atoms with Crippen LogP contribution in [0.4, 0.5) is 0 Å². The van der Waals surface area contributed by atoms with Crippen LogP contribution in [0.25, 0.3) is 0 Å². The number of nitrogens with one attached hydrogen (secondary N) is 2. The summed E-state index contributed by atoms with van der Waals surface area (Å²) < 4.78 is 0. The highest BCUT2D eigenvalue weighted by Gasteiger charge is 2.16. The number of amides is 1. The second kappa shape index (κ2) is 8.65. The third-order valence-corrected chi connectivity index (χ3v) is 3.84. The molecular weight excluding hydrogens is 264 g/mol. The average Bonchev–Trinajstić information content (AvgIpc) is 2.46. The van der Waals surface area contributed by atoms with Gasteiger partial charge in [0.2, 0.25) is 0 Å². The minimum absolute atomic E-state index is 0.146. The molecule has 0 aliphatic rings. The second-order valence-electron chi connectivity index (χ2n) is 5.63. The first-order valence-corrected chi connectivity index (χ1v) is 8.07. The first-order chi connectivity index (χ1) is 10.0. The lowest BCUT2D eigenvalue weighted by Gasteiger charge is -2.17. The zero-order chi connectivity index (χ0) is 15.8. The number of pyridine rings is 1. The third-order valence-electron chi connectivity index (χ3n) is 3.84.